The van der Waals surface area contributed by atoms with Crippen LogP contribution in [0.15, 0.2) is 35.7 Å². The number of hydrogen-bond acceptors (Lipinski definition) is 10. The van der Waals surface area contributed by atoms with Crippen LogP contribution in [-0.2, 0) is 25.8 Å². The molecule has 3 aromatic rings. The number of hydrogen-bond donors (Lipinski definition) is 2. The topological polar surface area (TPSA) is 160 Å². The van der Waals surface area contributed by atoms with E-state index < -0.39 is 62.7 Å². The van der Waals surface area contributed by atoms with Crippen LogP contribution in [-0.4, -0.2) is 96.2 Å². The molecule has 1 aromatic carbocycles. The smallest absolute Gasteiger partial charge is 0.434 e. The summed E-state index contributed by atoms with van der Waals surface area (Å²) in [7, 11) is -0.862. The van der Waals surface area contributed by atoms with E-state index in [0.29, 0.717) is 37.6 Å². The molecular weight excluding hydrogens is 761 g/mol. The van der Waals surface area contributed by atoms with Gasteiger partial charge in [0.15, 0.2) is 5.69 Å². The van der Waals surface area contributed by atoms with Gasteiger partial charge in [-0.25, -0.2) is 23.2 Å². The molecule has 2 aliphatic carbocycles. The number of carbonyl (C=O) groups is 3. The van der Waals surface area contributed by atoms with Crippen LogP contribution >= 0.6 is 22.9 Å². The molecule has 0 bridgehead atoms. The Labute approximate surface area is 311 Å². The number of aromatic nitrogens is 2. The van der Waals surface area contributed by atoms with Gasteiger partial charge in [-0.3, -0.25) is 14.3 Å². The lowest BCUT2D eigenvalue weighted by atomic mass is 10.1. The van der Waals surface area contributed by atoms with Gasteiger partial charge in [-0.2, -0.15) is 13.2 Å². The number of nitrogens with one attached hydrogen (secondary N) is 2. The zero-order valence-corrected chi connectivity index (χ0v) is 31.0. The van der Waals surface area contributed by atoms with E-state index in [2.05, 4.69) is 20.0 Å². The summed E-state index contributed by atoms with van der Waals surface area (Å²) in [6.07, 6.45) is 1.47. The number of sulfonamides is 1. The Balaban J connectivity index is 1.21. The van der Waals surface area contributed by atoms with E-state index >= 15 is 0 Å². The van der Waals surface area contributed by atoms with Crippen molar-refractivity contribution in [2.24, 2.45) is 5.92 Å². The SMILES string of the molecule is COc1ccc2c(O[C@H]3C[C@H]4C(=O)N(C)CCCC/C=C\[C@H]5C[C@@]5(C(=O)NS(=O)(=O)C5CC5)NC(=O)N4C3)cc(-c3nc(C(F)(F)F)cs3)nc2c1Cl. The van der Waals surface area contributed by atoms with Gasteiger partial charge in [0.05, 0.1) is 24.4 Å². The molecule has 0 spiro atoms. The highest BCUT2D eigenvalue weighted by molar-refractivity contribution is 7.91. The maximum absolute atomic E-state index is 14.1. The first-order valence-corrected chi connectivity index (χ1v) is 19.8. The second-order valence-corrected chi connectivity index (χ2v) is 16.9. The number of pyridine rings is 1. The van der Waals surface area contributed by atoms with Crippen LogP contribution in [0.1, 0.15) is 50.6 Å². The fourth-order valence-electron chi connectivity index (χ4n) is 6.78. The molecule has 4 aliphatic rings. The summed E-state index contributed by atoms with van der Waals surface area (Å²) in [6.45, 7) is 0.318. The molecular formula is C34H36ClF3N6O7S2. The number of halogens is 4. The number of methoxy groups -OCH3 is 1. The molecule has 19 heteroatoms. The molecule has 2 aliphatic heterocycles. The first-order chi connectivity index (χ1) is 25.1. The zero-order chi connectivity index (χ0) is 37.9. The van der Waals surface area contributed by atoms with Crippen LogP contribution in [0, 0.1) is 5.92 Å². The Kier molecular flexibility index (Phi) is 9.76. The predicted octanol–water partition coefficient (Wildman–Crippen LogP) is 5.14. The Morgan fingerprint density at radius 2 is 1.94 bits per heavy atom. The zero-order valence-electron chi connectivity index (χ0n) is 28.6. The molecule has 53 heavy (non-hydrogen) atoms. The van der Waals surface area contributed by atoms with Gasteiger partial charge in [0.2, 0.25) is 15.9 Å². The highest BCUT2D eigenvalue weighted by Crippen LogP contribution is 2.46. The molecule has 3 fully saturated rings. The summed E-state index contributed by atoms with van der Waals surface area (Å²) in [5, 5.41) is 3.46. The Bertz CT molecular complexity index is 2110. The van der Waals surface area contributed by atoms with Gasteiger partial charge in [-0.05, 0) is 50.7 Å². The molecule has 2 aromatic heterocycles. The van der Waals surface area contributed by atoms with Crippen molar-refractivity contribution in [1.82, 2.24) is 29.8 Å². The molecule has 1 saturated heterocycles. The second-order valence-electron chi connectivity index (χ2n) is 13.7. The number of carbonyl (C=O) groups excluding carboxylic acids is 3. The minimum Gasteiger partial charge on any atom is -0.495 e. The Hall–Kier alpha value is -4.16. The number of rotatable bonds is 7. The third-order valence-electron chi connectivity index (χ3n) is 9.99. The number of urea groups is 1. The first kappa shape index (κ1) is 37.2. The molecule has 2 saturated carbocycles. The minimum atomic E-state index is -4.67. The largest absolute Gasteiger partial charge is 0.495 e. The number of fused-ring (bicyclic) bond motifs is 3. The van der Waals surface area contributed by atoms with Crippen molar-refractivity contribution in [1.29, 1.82) is 0 Å². The maximum Gasteiger partial charge on any atom is 0.434 e. The number of ether oxygens (including phenoxy) is 2. The molecule has 4 heterocycles. The van der Waals surface area contributed by atoms with E-state index in [0.717, 1.165) is 23.1 Å². The summed E-state index contributed by atoms with van der Waals surface area (Å²) in [4.78, 5) is 52.7. The van der Waals surface area contributed by atoms with E-state index in [9.17, 15) is 36.0 Å². The number of amides is 4. The second kappa shape index (κ2) is 13.9. The number of likely N-dealkylation sites (N-methyl/N-ethyl adjacent to an activating group) is 1. The third kappa shape index (κ3) is 7.36. The van der Waals surface area contributed by atoms with Crippen LogP contribution < -0.4 is 19.5 Å². The maximum atomic E-state index is 14.1. The lowest BCUT2D eigenvalue weighted by Crippen LogP contribution is -2.57. The molecule has 4 atom stereocenters. The highest BCUT2D eigenvalue weighted by atomic mass is 35.5. The van der Waals surface area contributed by atoms with Crippen LogP contribution in [0.5, 0.6) is 11.5 Å². The highest BCUT2D eigenvalue weighted by Gasteiger charge is 2.62. The Morgan fingerprint density at radius 1 is 1.17 bits per heavy atom. The summed E-state index contributed by atoms with van der Waals surface area (Å²) < 4.78 is 79.8. The standard InChI is InChI=1S/C34H36ClF3N6O7S2/c1-43-12-6-4-3-5-7-18-15-33(18,31(46)42-53(48,49)20-8-9-20)41-32(47)44-16-19(13-23(44)30(43)45)51-25-14-22(29-40-26(17-52-29)34(36,37)38)39-28-21(25)10-11-24(50-2)27(28)35/h5,7,10-11,14,17-20,23H,3-4,6,8-9,12-13,15-16H2,1-2H3,(H,41,47)(H,42,46)/b7-5-/t18-,19-,23-,33+/m0/s1. The lowest BCUT2D eigenvalue weighted by Gasteiger charge is -2.30. The molecule has 0 unspecified atom stereocenters. The van der Waals surface area contributed by atoms with E-state index in [1.807, 2.05) is 12.2 Å². The number of allylic oxidation sites excluding steroid dienone is 1. The van der Waals surface area contributed by atoms with Crippen molar-refractivity contribution in [3.8, 4) is 22.2 Å². The van der Waals surface area contributed by atoms with Crippen molar-refractivity contribution in [3.63, 3.8) is 0 Å². The fraction of sp³-hybridized carbons (Fsp3) is 0.500. The minimum absolute atomic E-state index is 0.0354. The molecule has 7 rings (SSSR count). The van der Waals surface area contributed by atoms with Gasteiger partial charge in [-0.1, -0.05) is 23.8 Å². The van der Waals surface area contributed by atoms with Gasteiger partial charge in [-0.15, -0.1) is 11.3 Å². The van der Waals surface area contributed by atoms with Crippen molar-refractivity contribution in [3.05, 3.63) is 46.4 Å². The third-order valence-corrected chi connectivity index (χ3v) is 13.0. The monoisotopic (exact) mass is 796 g/mol. The van der Waals surface area contributed by atoms with Gasteiger partial charge >= 0.3 is 12.2 Å². The van der Waals surface area contributed by atoms with E-state index in [1.54, 1.807) is 24.1 Å². The van der Waals surface area contributed by atoms with Crippen LogP contribution in [0.25, 0.3) is 21.6 Å². The Morgan fingerprint density at radius 3 is 2.64 bits per heavy atom. The number of alkyl halides is 3. The van der Waals surface area contributed by atoms with E-state index in [-0.39, 0.29) is 58.0 Å². The number of benzene rings is 1. The number of thiazole rings is 1. The molecule has 2 N–H and O–H groups in total. The fourth-order valence-corrected chi connectivity index (χ4v) is 9.21. The molecule has 0 radical (unpaired) electrons. The first-order valence-electron chi connectivity index (χ1n) is 17.0. The summed E-state index contributed by atoms with van der Waals surface area (Å²) in [5.74, 6) is -1.20. The van der Waals surface area contributed by atoms with Crippen LogP contribution in [0.3, 0.4) is 0 Å². The van der Waals surface area contributed by atoms with Gasteiger partial charge in [0.25, 0.3) is 5.91 Å². The molecule has 13 nitrogen and oxygen atoms in total. The van der Waals surface area contributed by atoms with Gasteiger partial charge < -0.3 is 24.6 Å². The van der Waals surface area contributed by atoms with Crippen LogP contribution in [0.4, 0.5) is 18.0 Å². The normalized spacial score (nSPS) is 26.0. The summed E-state index contributed by atoms with van der Waals surface area (Å²) in [5.41, 5.74) is -2.39. The summed E-state index contributed by atoms with van der Waals surface area (Å²) in [6, 6.07) is 2.89. The quantitative estimate of drug-likeness (QED) is 0.309. The number of nitrogens with zero attached hydrogens (tertiary/aromatic N) is 4. The van der Waals surface area contributed by atoms with E-state index in [4.69, 9.17) is 21.1 Å². The van der Waals surface area contributed by atoms with Crippen molar-refractivity contribution in [2.75, 3.05) is 27.2 Å². The van der Waals surface area contributed by atoms with Gasteiger partial charge in [0, 0.05) is 42.8 Å². The van der Waals surface area contributed by atoms with Crippen molar-refractivity contribution in [2.45, 2.75) is 74.1 Å². The van der Waals surface area contributed by atoms with Crippen molar-refractivity contribution < 1.29 is 45.4 Å². The van der Waals surface area contributed by atoms with E-state index in [1.165, 1.54) is 18.1 Å². The van der Waals surface area contributed by atoms with Crippen LogP contribution in [0.2, 0.25) is 5.02 Å². The lowest BCUT2D eigenvalue weighted by molar-refractivity contribution is -0.140. The average Bonchev–Trinajstić information content (AvgIpc) is 3.98. The predicted molar refractivity (Wildman–Crippen MR) is 189 cm³/mol. The average molecular weight is 797 g/mol. The summed E-state index contributed by atoms with van der Waals surface area (Å²) >= 11 is 7.37. The molecule has 284 valence electrons. The molecule has 4 amide bonds. The van der Waals surface area contributed by atoms with Gasteiger partial charge in [0.1, 0.15) is 44.9 Å². The van der Waals surface area contributed by atoms with Crippen molar-refractivity contribution >= 4 is 61.7 Å².